The molecule has 0 spiro atoms. The van der Waals surface area contributed by atoms with Crippen LogP contribution >= 0.6 is 0 Å². The molecule has 1 N–H and O–H groups in total. The highest BCUT2D eigenvalue weighted by Crippen LogP contribution is 2.18. The normalized spacial score (nSPS) is 19.7. The molecule has 0 bridgehead atoms. The van der Waals surface area contributed by atoms with Gasteiger partial charge in [0.1, 0.15) is 0 Å². The van der Waals surface area contributed by atoms with Crippen LogP contribution in [0.3, 0.4) is 0 Å². The van der Waals surface area contributed by atoms with Crippen molar-refractivity contribution in [2.45, 2.75) is 82.4 Å². The maximum absolute atomic E-state index is 12.4. The zero-order valence-electron chi connectivity index (χ0n) is 14.2. The van der Waals surface area contributed by atoms with Gasteiger partial charge in [0.25, 0.3) is 0 Å². The second-order valence-electron chi connectivity index (χ2n) is 6.82. The first-order valence-corrected chi connectivity index (χ1v) is 10.8. The van der Waals surface area contributed by atoms with Gasteiger partial charge in [-0.3, -0.25) is 0 Å². The van der Waals surface area contributed by atoms with Crippen LogP contribution in [-0.4, -0.2) is 14.5 Å². The van der Waals surface area contributed by atoms with Crippen molar-refractivity contribution in [2.24, 2.45) is 0 Å². The predicted molar refractivity (Wildman–Crippen MR) is 96.8 cm³/mol. The van der Waals surface area contributed by atoms with Gasteiger partial charge in [-0.15, -0.1) is 0 Å². The van der Waals surface area contributed by atoms with Gasteiger partial charge in [0.2, 0.25) is 10.0 Å². The molecule has 1 fully saturated rings. The molecule has 0 aromatic heterocycles. The molecule has 1 aromatic carbocycles. The Morgan fingerprint density at radius 2 is 1.26 bits per heavy atom. The average Bonchev–Trinajstić information content (AvgIpc) is 2.50. The van der Waals surface area contributed by atoms with Gasteiger partial charge in [-0.25, -0.2) is 13.1 Å². The van der Waals surface area contributed by atoms with E-state index in [1.807, 2.05) is 30.3 Å². The molecule has 0 unspecified atom stereocenters. The van der Waals surface area contributed by atoms with Crippen LogP contribution in [0.5, 0.6) is 0 Å². The molecule has 0 amide bonds. The van der Waals surface area contributed by atoms with E-state index in [1.165, 1.54) is 44.9 Å². The summed E-state index contributed by atoms with van der Waals surface area (Å²) < 4.78 is 27.8. The zero-order chi connectivity index (χ0) is 16.4. The Kier molecular flexibility index (Phi) is 8.10. The summed E-state index contributed by atoms with van der Waals surface area (Å²) in [5, 5.41) is 0. The molecule has 0 saturated heterocycles. The Balaban J connectivity index is 1.88. The van der Waals surface area contributed by atoms with E-state index in [-0.39, 0.29) is 11.8 Å². The van der Waals surface area contributed by atoms with E-state index in [4.69, 9.17) is 0 Å². The van der Waals surface area contributed by atoms with Crippen LogP contribution < -0.4 is 4.72 Å². The number of rotatable bonds is 4. The summed E-state index contributed by atoms with van der Waals surface area (Å²) in [6.45, 7) is 0. The number of nitrogens with one attached hydrogen (secondary N) is 1. The second-order valence-corrected chi connectivity index (χ2v) is 8.57. The van der Waals surface area contributed by atoms with Gasteiger partial charge in [0, 0.05) is 6.04 Å². The van der Waals surface area contributed by atoms with Crippen molar-refractivity contribution in [1.29, 1.82) is 0 Å². The highest BCUT2D eigenvalue weighted by Gasteiger charge is 2.18. The summed E-state index contributed by atoms with van der Waals surface area (Å²) in [6.07, 6.45) is 13.3. The van der Waals surface area contributed by atoms with E-state index in [2.05, 4.69) is 4.72 Å². The van der Waals surface area contributed by atoms with Crippen molar-refractivity contribution < 1.29 is 8.42 Å². The van der Waals surface area contributed by atoms with E-state index in [9.17, 15) is 8.42 Å². The molecule has 4 heteroatoms. The third-order valence-corrected chi connectivity index (χ3v) is 6.06. The monoisotopic (exact) mass is 337 g/mol. The van der Waals surface area contributed by atoms with Gasteiger partial charge < -0.3 is 0 Å². The SMILES string of the molecule is O=S(=O)(Cc1ccccc1)NC1CCCCCCCCCCC1. The summed E-state index contributed by atoms with van der Waals surface area (Å²) >= 11 is 0. The van der Waals surface area contributed by atoms with Crippen molar-refractivity contribution in [2.75, 3.05) is 0 Å². The second kappa shape index (κ2) is 10.1. The van der Waals surface area contributed by atoms with Gasteiger partial charge in [-0.1, -0.05) is 88.1 Å². The van der Waals surface area contributed by atoms with E-state index in [0.717, 1.165) is 31.2 Å². The molecule has 1 saturated carbocycles. The van der Waals surface area contributed by atoms with Gasteiger partial charge >= 0.3 is 0 Å². The van der Waals surface area contributed by atoms with E-state index < -0.39 is 10.0 Å². The maximum atomic E-state index is 12.4. The Morgan fingerprint density at radius 3 is 1.78 bits per heavy atom. The predicted octanol–water partition coefficient (Wildman–Crippen LogP) is 4.78. The van der Waals surface area contributed by atoms with Crippen molar-refractivity contribution in [3.8, 4) is 0 Å². The number of sulfonamides is 1. The van der Waals surface area contributed by atoms with Crippen LogP contribution in [-0.2, 0) is 15.8 Å². The molecule has 2 rings (SSSR count). The summed E-state index contributed by atoms with van der Waals surface area (Å²) in [5.74, 6) is 0.0876. The van der Waals surface area contributed by atoms with Crippen LogP contribution in [0.15, 0.2) is 30.3 Å². The van der Waals surface area contributed by atoms with Gasteiger partial charge in [0.05, 0.1) is 5.75 Å². The fraction of sp³-hybridized carbons (Fsp3) is 0.684. The quantitative estimate of drug-likeness (QED) is 0.859. The van der Waals surface area contributed by atoms with Crippen molar-refractivity contribution in [3.63, 3.8) is 0 Å². The lowest BCUT2D eigenvalue weighted by Crippen LogP contribution is -2.35. The lowest BCUT2D eigenvalue weighted by atomic mass is 9.98. The number of hydrogen-bond acceptors (Lipinski definition) is 2. The van der Waals surface area contributed by atoms with Gasteiger partial charge in [0.15, 0.2) is 0 Å². The largest absolute Gasteiger partial charge is 0.216 e. The first kappa shape index (κ1) is 18.5. The van der Waals surface area contributed by atoms with Gasteiger partial charge in [-0.2, -0.15) is 0 Å². The first-order chi connectivity index (χ1) is 11.2. The molecular weight excluding hydrogens is 306 g/mol. The third kappa shape index (κ3) is 7.98. The molecule has 0 heterocycles. The van der Waals surface area contributed by atoms with Crippen LogP contribution in [0.1, 0.15) is 76.2 Å². The van der Waals surface area contributed by atoms with E-state index in [0.29, 0.717) is 0 Å². The average molecular weight is 338 g/mol. The topological polar surface area (TPSA) is 46.2 Å². The highest BCUT2D eigenvalue weighted by molar-refractivity contribution is 7.88. The molecule has 1 aromatic rings. The van der Waals surface area contributed by atoms with Crippen LogP contribution in [0.2, 0.25) is 0 Å². The number of benzene rings is 1. The molecule has 0 radical (unpaired) electrons. The molecule has 1 aliphatic carbocycles. The standard InChI is InChI=1S/C19H31NO2S/c21-23(22,17-18-13-9-8-10-14-18)20-19-15-11-6-4-2-1-3-5-7-12-16-19/h8-10,13-14,19-20H,1-7,11-12,15-17H2. The molecule has 130 valence electrons. The summed E-state index contributed by atoms with van der Waals surface area (Å²) in [6, 6.07) is 9.56. The van der Waals surface area contributed by atoms with Crippen LogP contribution in [0, 0.1) is 0 Å². The lowest BCUT2D eigenvalue weighted by molar-refractivity contribution is 0.439. The first-order valence-electron chi connectivity index (χ1n) is 9.20. The third-order valence-electron chi connectivity index (χ3n) is 4.65. The Labute approximate surface area is 141 Å². The fourth-order valence-electron chi connectivity index (χ4n) is 3.37. The summed E-state index contributed by atoms with van der Waals surface area (Å²) in [5.41, 5.74) is 0.855. The van der Waals surface area contributed by atoms with Crippen LogP contribution in [0.25, 0.3) is 0 Å². The highest BCUT2D eigenvalue weighted by atomic mass is 32.2. The molecular formula is C19H31NO2S. The minimum atomic E-state index is -3.25. The molecule has 3 nitrogen and oxygen atoms in total. The minimum Gasteiger partial charge on any atom is -0.212 e. The molecule has 0 aliphatic heterocycles. The van der Waals surface area contributed by atoms with Crippen molar-refractivity contribution in [3.05, 3.63) is 35.9 Å². The Bertz CT molecular complexity index is 516. The molecule has 1 aliphatic rings. The fourth-order valence-corrected chi connectivity index (χ4v) is 4.83. The molecule has 0 atom stereocenters. The summed E-state index contributed by atoms with van der Waals surface area (Å²) in [7, 11) is -3.25. The Hall–Kier alpha value is -0.870. The Morgan fingerprint density at radius 1 is 0.783 bits per heavy atom. The molecule has 23 heavy (non-hydrogen) atoms. The minimum absolute atomic E-state index is 0.0876. The zero-order valence-corrected chi connectivity index (χ0v) is 15.0. The van der Waals surface area contributed by atoms with Gasteiger partial charge in [-0.05, 0) is 18.4 Å². The summed E-state index contributed by atoms with van der Waals surface area (Å²) in [4.78, 5) is 0. The van der Waals surface area contributed by atoms with Crippen molar-refractivity contribution in [1.82, 2.24) is 4.72 Å². The number of hydrogen-bond donors (Lipinski definition) is 1. The maximum Gasteiger partial charge on any atom is 0.216 e. The van der Waals surface area contributed by atoms with Crippen LogP contribution in [0.4, 0.5) is 0 Å². The smallest absolute Gasteiger partial charge is 0.212 e. The lowest BCUT2D eigenvalue weighted by Gasteiger charge is -2.19. The van der Waals surface area contributed by atoms with Crippen molar-refractivity contribution >= 4 is 10.0 Å². The van der Waals surface area contributed by atoms with E-state index >= 15 is 0 Å². The van der Waals surface area contributed by atoms with E-state index in [1.54, 1.807) is 0 Å².